The van der Waals surface area contributed by atoms with Crippen molar-refractivity contribution in [2.45, 2.75) is 0 Å². The molecule has 2 aromatic carbocycles. The first kappa shape index (κ1) is 19.6. The van der Waals surface area contributed by atoms with E-state index >= 15 is 0 Å². The maximum atomic E-state index is 13.0. The predicted octanol–water partition coefficient (Wildman–Crippen LogP) is 2.50. The number of carbonyl (C=O) groups excluding carboxylic acids is 1. The molecular weight excluding hydrogens is 367 g/mol. The van der Waals surface area contributed by atoms with E-state index in [0.29, 0.717) is 31.9 Å². The Morgan fingerprint density at radius 3 is 2.46 bits per heavy atom. The number of methoxy groups -OCH3 is 1. The average molecular weight is 388 g/mol. The number of piperazine rings is 1. The smallest absolute Gasteiger partial charge is 0.296 e. The number of nitro groups is 1. The molecule has 1 aliphatic heterocycles. The number of rotatable bonds is 6. The Hall–Kier alpha value is -3.20. The van der Waals surface area contributed by atoms with Crippen molar-refractivity contribution in [2.75, 3.05) is 50.1 Å². The van der Waals surface area contributed by atoms with Gasteiger partial charge in [0.1, 0.15) is 17.3 Å². The zero-order chi connectivity index (χ0) is 20.1. The summed E-state index contributed by atoms with van der Waals surface area (Å²) >= 11 is 0. The van der Waals surface area contributed by atoms with Gasteiger partial charge in [-0.15, -0.1) is 0 Å². The summed E-state index contributed by atoms with van der Waals surface area (Å²) in [7, 11) is 1.42. The van der Waals surface area contributed by atoms with Crippen LogP contribution in [-0.4, -0.2) is 55.6 Å². The summed E-state index contributed by atoms with van der Waals surface area (Å²) in [6, 6.07) is 10.6. The van der Waals surface area contributed by atoms with Crippen molar-refractivity contribution in [2.24, 2.45) is 0 Å². The molecule has 1 amide bonds. The lowest BCUT2D eigenvalue weighted by molar-refractivity contribution is -0.384. The van der Waals surface area contributed by atoms with Gasteiger partial charge in [0.15, 0.2) is 0 Å². The molecule has 1 N–H and O–H groups in total. The van der Waals surface area contributed by atoms with Gasteiger partial charge in [-0.25, -0.2) is 4.39 Å². The average Bonchev–Trinajstić information content (AvgIpc) is 2.69. The van der Waals surface area contributed by atoms with Gasteiger partial charge in [0.05, 0.1) is 24.6 Å². The van der Waals surface area contributed by atoms with Gasteiger partial charge in [0.25, 0.3) is 5.69 Å². The third-order valence-electron chi connectivity index (χ3n) is 4.61. The Kier molecular flexibility index (Phi) is 6.05. The highest BCUT2D eigenvalue weighted by Gasteiger charge is 2.21. The van der Waals surface area contributed by atoms with Crippen molar-refractivity contribution in [3.05, 3.63) is 58.4 Å². The highest BCUT2D eigenvalue weighted by Crippen LogP contribution is 2.29. The van der Waals surface area contributed by atoms with Gasteiger partial charge >= 0.3 is 0 Å². The number of hydrogen-bond acceptors (Lipinski definition) is 6. The Morgan fingerprint density at radius 1 is 1.18 bits per heavy atom. The molecule has 0 unspecified atom stereocenters. The Labute approximate surface area is 161 Å². The first-order chi connectivity index (χ1) is 13.5. The van der Waals surface area contributed by atoms with Gasteiger partial charge in [-0.1, -0.05) is 0 Å². The quantitative estimate of drug-likeness (QED) is 0.604. The number of nitro benzene ring substituents is 1. The lowest BCUT2D eigenvalue weighted by Gasteiger charge is -2.35. The third kappa shape index (κ3) is 4.74. The van der Waals surface area contributed by atoms with E-state index in [1.807, 2.05) is 4.90 Å². The zero-order valence-electron chi connectivity index (χ0n) is 15.4. The fraction of sp³-hybridized carbons (Fsp3) is 0.316. The molecule has 0 radical (unpaired) electrons. The maximum absolute atomic E-state index is 13.0. The van der Waals surface area contributed by atoms with E-state index in [1.165, 1.54) is 31.4 Å². The number of carbonyl (C=O) groups is 1. The lowest BCUT2D eigenvalue weighted by atomic mass is 10.2. The Bertz CT molecular complexity index is 852. The lowest BCUT2D eigenvalue weighted by Crippen LogP contribution is -2.48. The van der Waals surface area contributed by atoms with Gasteiger partial charge in [-0.05, 0) is 36.4 Å². The maximum Gasteiger partial charge on any atom is 0.296 e. The van der Waals surface area contributed by atoms with Crippen molar-refractivity contribution in [3.8, 4) is 5.75 Å². The van der Waals surface area contributed by atoms with Crippen LogP contribution in [0.1, 0.15) is 0 Å². The molecule has 0 aliphatic carbocycles. The van der Waals surface area contributed by atoms with Crippen LogP contribution in [-0.2, 0) is 4.79 Å². The molecule has 28 heavy (non-hydrogen) atoms. The number of halogens is 1. The van der Waals surface area contributed by atoms with Crippen LogP contribution in [0.4, 0.5) is 21.5 Å². The summed E-state index contributed by atoms with van der Waals surface area (Å²) in [5.41, 5.74) is 0.869. The van der Waals surface area contributed by atoms with Crippen molar-refractivity contribution in [1.29, 1.82) is 0 Å². The van der Waals surface area contributed by atoms with Crippen LogP contribution in [0.3, 0.4) is 0 Å². The molecule has 3 rings (SSSR count). The number of benzene rings is 2. The van der Waals surface area contributed by atoms with E-state index < -0.39 is 4.92 Å². The van der Waals surface area contributed by atoms with Crippen LogP contribution in [0.25, 0.3) is 0 Å². The molecule has 148 valence electrons. The molecule has 0 bridgehead atoms. The van der Waals surface area contributed by atoms with Crippen LogP contribution in [0, 0.1) is 15.9 Å². The summed E-state index contributed by atoms with van der Waals surface area (Å²) in [4.78, 5) is 27.1. The molecule has 2 aromatic rings. The summed E-state index contributed by atoms with van der Waals surface area (Å²) in [5, 5.41) is 13.8. The molecule has 1 aliphatic rings. The van der Waals surface area contributed by atoms with Gasteiger partial charge in [0.2, 0.25) is 5.91 Å². The molecule has 1 heterocycles. The predicted molar refractivity (Wildman–Crippen MR) is 103 cm³/mol. The third-order valence-corrected chi connectivity index (χ3v) is 4.61. The van der Waals surface area contributed by atoms with E-state index in [1.54, 1.807) is 18.2 Å². The standard InChI is InChI=1S/C19H21FN4O4/c1-28-16-6-7-17(18(12-16)24(26)27)21-19(25)13-22-8-10-23(11-9-22)15-4-2-14(20)3-5-15/h2-7,12H,8-11,13H2,1H3,(H,21,25). The first-order valence-electron chi connectivity index (χ1n) is 8.81. The Balaban J connectivity index is 1.55. The summed E-state index contributed by atoms with van der Waals surface area (Å²) < 4.78 is 18.0. The number of nitrogens with one attached hydrogen (secondary N) is 1. The summed E-state index contributed by atoms with van der Waals surface area (Å²) in [6.45, 7) is 2.88. The highest BCUT2D eigenvalue weighted by atomic mass is 19.1. The molecule has 1 saturated heterocycles. The topological polar surface area (TPSA) is 88.0 Å². The first-order valence-corrected chi connectivity index (χ1v) is 8.81. The monoisotopic (exact) mass is 388 g/mol. The van der Waals surface area contributed by atoms with Crippen molar-refractivity contribution >= 4 is 23.0 Å². The summed E-state index contributed by atoms with van der Waals surface area (Å²) in [5.74, 6) is -0.239. The molecule has 0 atom stereocenters. The van der Waals surface area contributed by atoms with Crippen LogP contribution >= 0.6 is 0 Å². The minimum absolute atomic E-state index is 0.139. The second kappa shape index (κ2) is 8.66. The van der Waals surface area contributed by atoms with Crippen LogP contribution in [0.15, 0.2) is 42.5 Å². The number of hydrogen-bond donors (Lipinski definition) is 1. The van der Waals surface area contributed by atoms with Crippen LogP contribution in [0.2, 0.25) is 0 Å². The van der Waals surface area contributed by atoms with E-state index in [2.05, 4.69) is 10.2 Å². The van der Waals surface area contributed by atoms with Crippen LogP contribution < -0.4 is 15.0 Å². The van der Waals surface area contributed by atoms with Gasteiger partial charge < -0.3 is 15.0 Å². The van der Waals surface area contributed by atoms with E-state index in [-0.39, 0.29) is 29.6 Å². The number of anilines is 2. The van der Waals surface area contributed by atoms with E-state index in [9.17, 15) is 19.3 Å². The normalized spacial score (nSPS) is 14.6. The van der Waals surface area contributed by atoms with Crippen molar-refractivity contribution < 1.29 is 18.8 Å². The van der Waals surface area contributed by atoms with Crippen molar-refractivity contribution in [3.63, 3.8) is 0 Å². The van der Waals surface area contributed by atoms with Crippen LogP contribution in [0.5, 0.6) is 5.75 Å². The second-order valence-corrected chi connectivity index (χ2v) is 6.43. The van der Waals surface area contributed by atoms with E-state index in [0.717, 1.165) is 5.69 Å². The molecule has 1 fully saturated rings. The largest absolute Gasteiger partial charge is 0.496 e. The number of nitrogens with zero attached hydrogens (tertiary/aromatic N) is 3. The van der Waals surface area contributed by atoms with E-state index in [4.69, 9.17) is 4.74 Å². The van der Waals surface area contributed by atoms with Gasteiger partial charge in [-0.3, -0.25) is 19.8 Å². The minimum Gasteiger partial charge on any atom is -0.496 e. The Morgan fingerprint density at radius 2 is 1.86 bits per heavy atom. The molecule has 0 spiro atoms. The fourth-order valence-corrected chi connectivity index (χ4v) is 3.10. The van der Waals surface area contributed by atoms with Gasteiger partial charge in [-0.2, -0.15) is 0 Å². The molecule has 0 saturated carbocycles. The zero-order valence-corrected chi connectivity index (χ0v) is 15.4. The minimum atomic E-state index is -0.556. The van der Waals surface area contributed by atoms with Crippen molar-refractivity contribution in [1.82, 2.24) is 4.90 Å². The highest BCUT2D eigenvalue weighted by molar-refractivity contribution is 5.94. The number of ether oxygens (including phenoxy) is 1. The number of amides is 1. The second-order valence-electron chi connectivity index (χ2n) is 6.43. The molecular formula is C19H21FN4O4. The molecule has 0 aromatic heterocycles. The SMILES string of the molecule is COc1ccc(NC(=O)CN2CCN(c3ccc(F)cc3)CC2)c([N+](=O)[O-])c1. The fourth-order valence-electron chi connectivity index (χ4n) is 3.10. The molecule has 9 heteroatoms. The molecule has 8 nitrogen and oxygen atoms in total. The van der Waals surface area contributed by atoms with Gasteiger partial charge in [0, 0.05) is 31.9 Å². The summed E-state index contributed by atoms with van der Waals surface area (Å²) in [6.07, 6.45) is 0.